The molecule has 4 amide bonds. The molecule has 1 saturated heterocycles. The van der Waals surface area contributed by atoms with Gasteiger partial charge in [0.2, 0.25) is 5.91 Å². The fourth-order valence-electron chi connectivity index (χ4n) is 2.74. The van der Waals surface area contributed by atoms with E-state index in [-0.39, 0.29) is 42.3 Å². The zero-order chi connectivity index (χ0) is 18.7. The molecule has 3 rings (SSSR count). The third-order valence-corrected chi connectivity index (χ3v) is 4.00. The number of hydrogen-bond acceptors (Lipinski definition) is 5. The first-order valence-corrected chi connectivity index (χ1v) is 8.10. The molecule has 1 aromatic rings. The summed E-state index contributed by atoms with van der Waals surface area (Å²) in [5.74, 6) is -1.19. The number of anilines is 2. The molecule has 3 N–H and O–H groups in total. The van der Waals surface area contributed by atoms with Crippen LogP contribution in [0.15, 0.2) is 12.1 Å². The molecule has 2 aliphatic rings. The highest BCUT2D eigenvalue weighted by Crippen LogP contribution is 2.33. The Balaban J connectivity index is 1.55. The molecule has 0 unspecified atom stereocenters. The van der Waals surface area contributed by atoms with E-state index < -0.39 is 17.8 Å². The number of halogens is 1. The van der Waals surface area contributed by atoms with Crippen molar-refractivity contribution in [3.63, 3.8) is 0 Å². The van der Waals surface area contributed by atoms with E-state index in [1.165, 1.54) is 13.0 Å². The first kappa shape index (κ1) is 17.9. The van der Waals surface area contributed by atoms with Gasteiger partial charge in [0.25, 0.3) is 5.91 Å². The highest BCUT2D eigenvalue weighted by molar-refractivity contribution is 5.97. The molecule has 0 radical (unpaired) electrons. The van der Waals surface area contributed by atoms with Gasteiger partial charge in [-0.1, -0.05) is 0 Å². The third-order valence-electron chi connectivity index (χ3n) is 4.00. The molecule has 140 valence electrons. The second kappa shape index (κ2) is 7.56. The van der Waals surface area contributed by atoms with Crippen LogP contribution in [0.1, 0.15) is 6.92 Å². The topological polar surface area (TPSA) is 109 Å². The Morgan fingerprint density at radius 2 is 2.23 bits per heavy atom. The van der Waals surface area contributed by atoms with E-state index in [2.05, 4.69) is 16.0 Å². The molecule has 0 spiro atoms. The van der Waals surface area contributed by atoms with E-state index in [1.54, 1.807) is 4.90 Å². The summed E-state index contributed by atoms with van der Waals surface area (Å²) in [6.07, 6.45) is -0.314. The first-order chi connectivity index (χ1) is 12.4. The normalized spacial score (nSPS) is 19.1. The van der Waals surface area contributed by atoms with E-state index in [9.17, 15) is 18.8 Å². The average Bonchev–Trinajstić information content (AvgIpc) is 2.60. The summed E-state index contributed by atoms with van der Waals surface area (Å²) in [6.45, 7) is 2.75. The van der Waals surface area contributed by atoms with Crippen molar-refractivity contribution in [1.82, 2.24) is 10.2 Å². The molecule has 26 heavy (non-hydrogen) atoms. The lowest BCUT2D eigenvalue weighted by atomic mass is 10.2. The second-order valence-electron chi connectivity index (χ2n) is 5.96. The molecule has 1 aromatic carbocycles. The van der Waals surface area contributed by atoms with Gasteiger partial charge in [0, 0.05) is 38.3 Å². The van der Waals surface area contributed by atoms with Crippen LogP contribution in [0.3, 0.4) is 0 Å². The molecule has 10 heteroatoms. The summed E-state index contributed by atoms with van der Waals surface area (Å²) in [7, 11) is 0. The number of rotatable bonds is 3. The second-order valence-corrected chi connectivity index (χ2v) is 5.96. The maximum Gasteiger partial charge on any atom is 0.319 e. The van der Waals surface area contributed by atoms with Crippen LogP contribution >= 0.6 is 0 Å². The molecular weight excluding hydrogens is 347 g/mol. The predicted molar refractivity (Wildman–Crippen MR) is 89.5 cm³/mol. The van der Waals surface area contributed by atoms with Crippen LogP contribution in [0.25, 0.3) is 0 Å². The summed E-state index contributed by atoms with van der Waals surface area (Å²) in [5.41, 5.74) is 0.323. The Bertz CT molecular complexity index is 742. The number of ether oxygens (including phenoxy) is 2. The molecule has 2 heterocycles. The first-order valence-electron chi connectivity index (χ1n) is 8.10. The zero-order valence-electron chi connectivity index (χ0n) is 14.1. The lowest BCUT2D eigenvalue weighted by Gasteiger charge is -2.32. The van der Waals surface area contributed by atoms with Crippen LogP contribution < -0.4 is 20.7 Å². The van der Waals surface area contributed by atoms with E-state index in [0.29, 0.717) is 19.7 Å². The maximum atomic E-state index is 14.0. The van der Waals surface area contributed by atoms with Crippen molar-refractivity contribution >= 4 is 29.2 Å². The van der Waals surface area contributed by atoms with E-state index in [0.717, 1.165) is 6.07 Å². The Morgan fingerprint density at radius 1 is 1.42 bits per heavy atom. The van der Waals surface area contributed by atoms with Crippen molar-refractivity contribution in [2.75, 3.05) is 43.5 Å². The van der Waals surface area contributed by atoms with Crippen LogP contribution in [-0.4, -0.2) is 61.7 Å². The van der Waals surface area contributed by atoms with Crippen molar-refractivity contribution in [2.24, 2.45) is 0 Å². The van der Waals surface area contributed by atoms with Crippen molar-refractivity contribution < 1.29 is 28.2 Å². The number of amides is 4. The predicted octanol–water partition coefficient (Wildman–Crippen LogP) is 0.525. The summed E-state index contributed by atoms with van der Waals surface area (Å²) in [6, 6.07) is 1.95. The minimum Gasteiger partial charge on any atom is -0.478 e. The Hall–Kier alpha value is -2.88. The molecule has 0 bridgehead atoms. The number of nitrogens with one attached hydrogen (secondary N) is 3. The molecular formula is C16H19FN4O5. The minimum atomic E-state index is -0.689. The standard InChI is InChI=1S/C16H19FN4O5/c1-9(22)21-2-3-25-11(7-21)6-18-16(24)19-10-4-12(17)15-13(5-10)20-14(23)8-26-15/h4-5,11H,2-3,6-8H2,1H3,(H,20,23)(H2,18,19,24)/t11-/m1/s1. The molecule has 0 saturated carbocycles. The monoisotopic (exact) mass is 366 g/mol. The summed E-state index contributed by atoms with van der Waals surface area (Å²) in [4.78, 5) is 36.4. The van der Waals surface area contributed by atoms with Crippen LogP contribution in [-0.2, 0) is 14.3 Å². The van der Waals surface area contributed by atoms with E-state index >= 15 is 0 Å². The zero-order valence-corrected chi connectivity index (χ0v) is 14.1. The smallest absolute Gasteiger partial charge is 0.319 e. The largest absolute Gasteiger partial charge is 0.478 e. The number of carbonyl (C=O) groups excluding carboxylic acids is 3. The van der Waals surface area contributed by atoms with Gasteiger partial charge in [0.15, 0.2) is 18.2 Å². The van der Waals surface area contributed by atoms with Gasteiger partial charge in [-0.2, -0.15) is 0 Å². The molecule has 0 aromatic heterocycles. The molecule has 9 nitrogen and oxygen atoms in total. The van der Waals surface area contributed by atoms with Gasteiger partial charge in [0.1, 0.15) is 0 Å². The molecule has 1 atom stereocenters. The average molecular weight is 366 g/mol. The van der Waals surface area contributed by atoms with Gasteiger partial charge >= 0.3 is 6.03 Å². The van der Waals surface area contributed by atoms with Gasteiger partial charge in [-0.3, -0.25) is 9.59 Å². The van der Waals surface area contributed by atoms with Crippen molar-refractivity contribution in [1.29, 1.82) is 0 Å². The van der Waals surface area contributed by atoms with Crippen LogP contribution in [0, 0.1) is 5.82 Å². The molecule has 2 aliphatic heterocycles. The lowest BCUT2D eigenvalue weighted by Crippen LogP contribution is -2.49. The Kier molecular flexibility index (Phi) is 5.21. The van der Waals surface area contributed by atoms with Crippen molar-refractivity contribution in [2.45, 2.75) is 13.0 Å². The number of nitrogens with zero attached hydrogens (tertiary/aromatic N) is 1. The molecule has 0 aliphatic carbocycles. The van der Waals surface area contributed by atoms with Crippen LogP contribution in [0.4, 0.5) is 20.6 Å². The SMILES string of the molecule is CC(=O)N1CCO[C@H](CNC(=O)Nc2cc(F)c3c(c2)NC(=O)CO3)C1. The van der Waals surface area contributed by atoms with Crippen molar-refractivity contribution in [3.8, 4) is 5.75 Å². The van der Waals surface area contributed by atoms with Gasteiger partial charge in [0.05, 0.1) is 18.4 Å². The fraction of sp³-hybridized carbons (Fsp3) is 0.438. The van der Waals surface area contributed by atoms with Crippen LogP contribution in [0.5, 0.6) is 5.75 Å². The maximum absolute atomic E-state index is 14.0. The van der Waals surface area contributed by atoms with Crippen LogP contribution in [0.2, 0.25) is 0 Å². The number of benzene rings is 1. The van der Waals surface area contributed by atoms with Gasteiger partial charge in [-0.05, 0) is 6.07 Å². The van der Waals surface area contributed by atoms with Gasteiger partial charge < -0.3 is 30.3 Å². The lowest BCUT2D eigenvalue weighted by molar-refractivity contribution is -0.136. The third kappa shape index (κ3) is 4.20. The number of morpholine rings is 1. The number of urea groups is 1. The van der Waals surface area contributed by atoms with E-state index in [4.69, 9.17) is 9.47 Å². The number of fused-ring (bicyclic) bond motifs is 1. The summed E-state index contributed by atoms with van der Waals surface area (Å²) in [5, 5.41) is 7.58. The molecule has 1 fully saturated rings. The Morgan fingerprint density at radius 3 is 3.00 bits per heavy atom. The number of hydrogen-bond donors (Lipinski definition) is 3. The summed E-state index contributed by atoms with van der Waals surface area (Å²) < 4.78 is 24.5. The minimum absolute atomic E-state index is 0.0449. The van der Waals surface area contributed by atoms with E-state index in [1.807, 2.05) is 0 Å². The van der Waals surface area contributed by atoms with Crippen molar-refractivity contribution in [3.05, 3.63) is 17.9 Å². The van der Waals surface area contributed by atoms with Gasteiger partial charge in [-0.25, -0.2) is 9.18 Å². The highest BCUT2D eigenvalue weighted by atomic mass is 19.1. The quantitative estimate of drug-likeness (QED) is 0.723. The van der Waals surface area contributed by atoms with Gasteiger partial charge in [-0.15, -0.1) is 0 Å². The summed E-state index contributed by atoms with van der Waals surface area (Å²) >= 11 is 0. The fourth-order valence-corrected chi connectivity index (χ4v) is 2.74. The number of carbonyl (C=O) groups is 3. The highest BCUT2D eigenvalue weighted by Gasteiger charge is 2.23. The Labute approximate surface area is 148 Å².